The lowest BCUT2D eigenvalue weighted by atomic mass is 9.94. The molecule has 2 heteroatoms. The Morgan fingerprint density at radius 3 is 2.82 bits per heavy atom. The summed E-state index contributed by atoms with van der Waals surface area (Å²) in [6.07, 6.45) is 0.990. The molecular formula is C15H13ClO. The molecule has 0 fully saturated rings. The highest BCUT2D eigenvalue weighted by Crippen LogP contribution is 2.39. The van der Waals surface area contributed by atoms with Gasteiger partial charge in [0.1, 0.15) is 11.5 Å². The highest BCUT2D eigenvalue weighted by Gasteiger charge is 2.20. The number of benzene rings is 2. The number of hydrogen-bond acceptors (Lipinski definition) is 1. The fourth-order valence-electron chi connectivity index (χ4n) is 2.33. The van der Waals surface area contributed by atoms with Crippen LogP contribution < -0.4 is 4.74 Å². The summed E-state index contributed by atoms with van der Waals surface area (Å²) in [4.78, 5) is 0. The minimum absolute atomic E-state index is 0.423. The van der Waals surface area contributed by atoms with Crippen LogP contribution in [0.3, 0.4) is 0 Å². The van der Waals surface area contributed by atoms with Gasteiger partial charge in [-0.05, 0) is 47.7 Å². The van der Waals surface area contributed by atoms with Crippen LogP contribution in [0.15, 0.2) is 42.5 Å². The molecule has 0 radical (unpaired) electrons. The Hall–Kier alpha value is -1.47. The van der Waals surface area contributed by atoms with Crippen LogP contribution in [0.25, 0.3) is 0 Å². The predicted molar refractivity (Wildman–Crippen MR) is 70.1 cm³/mol. The van der Waals surface area contributed by atoms with Gasteiger partial charge in [0.15, 0.2) is 0 Å². The van der Waals surface area contributed by atoms with Crippen molar-refractivity contribution >= 4 is 11.6 Å². The molecule has 0 saturated carbocycles. The molecule has 17 heavy (non-hydrogen) atoms. The van der Waals surface area contributed by atoms with E-state index in [1.54, 1.807) is 0 Å². The number of halogens is 1. The molecule has 3 rings (SSSR count). The van der Waals surface area contributed by atoms with Crippen LogP contribution in [0.2, 0.25) is 5.02 Å². The fourth-order valence-corrected chi connectivity index (χ4v) is 2.51. The summed E-state index contributed by atoms with van der Waals surface area (Å²) in [5.41, 5.74) is 2.45. The number of hydrogen-bond donors (Lipinski definition) is 0. The van der Waals surface area contributed by atoms with E-state index in [-0.39, 0.29) is 0 Å². The van der Waals surface area contributed by atoms with Crippen molar-refractivity contribution in [2.45, 2.75) is 19.3 Å². The summed E-state index contributed by atoms with van der Waals surface area (Å²) in [6, 6.07) is 14.0. The van der Waals surface area contributed by atoms with Crippen LogP contribution in [-0.2, 0) is 6.42 Å². The van der Waals surface area contributed by atoms with Crippen molar-refractivity contribution in [1.82, 2.24) is 0 Å². The number of ether oxygens (including phenoxy) is 1. The first kappa shape index (κ1) is 10.7. The molecular weight excluding hydrogens is 232 g/mol. The van der Waals surface area contributed by atoms with Crippen LogP contribution in [0.5, 0.6) is 11.5 Å². The van der Waals surface area contributed by atoms with Crippen molar-refractivity contribution in [2.75, 3.05) is 0 Å². The van der Waals surface area contributed by atoms with Crippen molar-refractivity contribution < 1.29 is 4.74 Å². The Kier molecular flexibility index (Phi) is 2.56. The molecule has 0 bridgehead atoms. The van der Waals surface area contributed by atoms with Crippen molar-refractivity contribution in [1.29, 1.82) is 0 Å². The lowest BCUT2D eigenvalue weighted by Crippen LogP contribution is -1.96. The van der Waals surface area contributed by atoms with Crippen LogP contribution in [0.1, 0.15) is 24.0 Å². The third-order valence-electron chi connectivity index (χ3n) is 3.22. The lowest BCUT2D eigenvalue weighted by molar-refractivity contribution is 0.478. The highest BCUT2D eigenvalue weighted by atomic mass is 35.5. The van der Waals surface area contributed by atoms with Gasteiger partial charge in [-0.3, -0.25) is 0 Å². The van der Waals surface area contributed by atoms with Gasteiger partial charge in [-0.2, -0.15) is 0 Å². The molecule has 1 unspecified atom stereocenters. The minimum Gasteiger partial charge on any atom is -0.457 e. The van der Waals surface area contributed by atoms with E-state index in [1.165, 1.54) is 11.1 Å². The maximum atomic E-state index is 6.05. The Morgan fingerprint density at radius 1 is 1.12 bits per heavy atom. The summed E-state index contributed by atoms with van der Waals surface area (Å²) in [6.45, 7) is 2.21. The quantitative estimate of drug-likeness (QED) is 0.647. The van der Waals surface area contributed by atoms with Gasteiger partial charge in [0, 0.05) is 5.02 Å². The Bertz CT molecular complexity index is 563. The molecule has 0 aliphatic carbocycles. The molecule has 1 aliphatic rings. The van der Waals surface area contributed by atoms with Crippen LogP contribution in [0.4, 0.5) is 0 Å². The molecule has 0 N–H and O–H groups in total. The largest absolute Gasteiger partial charge is 0.457 e. The monoisotopic (exact) mass is 244 g/mol. The van der Waals surface area contributed by atoms with Gasteiger partial charge in [-0.25, -0.2) is 0 Å². The molecule has 86 valence electrons. The smallest absolute Gasteiger partial charge is 0.131 e. The Labute approximate surface area is 106 Å². The summed E-state index contributed by atoms with van der Waals surface area (Å²) in [5.74, 6) is 2.31. The van der Waals surface area contributed by atoms with Gasteiger partial charge in [0.25, 0.3) is 0 Å². The van der Waals surface area contributed by atoms with Gasteiger partial charge in [0.05, 0.1) is 0 Å². The van der Waals surface area contributed by atoms with Gasteiger partial charge >= 0.3 is 0 Å². The number of fused-ring (bicyclic) bond motifs is 2. The topological polar surface area (TPSA) is 9.23 Å². The molecule has 0 aromatic heterocycles. The normalized spacial score (nSPS) is 17.6. The van der Waals surface area contributed by atoms with Crippen LogP contribution in [-0.4, -0.2) is 0 Å². The standard InChI is InChI=1S/C15H13ClO/c1-10-8-11-4-2-3-5-14(11)17-15-7-6-12(16)9-13(10)15/h2-7,9-10H,8H2,1H3. The third-order valence-corrected chi connectivity index (χ3v) is 3.46. The summed E-state index contributed by atoms with van der Waals surface area (Å²) >= 11 is 6.05. The SMILES string of the molecule is CC1Cc2ccccc2Oc2ccc(Cl)cc21. The molecule has 0 saturated heterocycles. The molecule has 1 nitrogen and oxygen atoms in total. The summed E-state index contributed by atoms with van der Waals surface area (Å²) in [7, 11) is 0. The molecule has 1 heterocycles. The second-order valence-corrected chi connectivity index (χ2v) is 4.93. The van der Waals surface area contributed by atoms with Gasteiger partial charge in [-0.15, -0.1) is 0 Å². The lowest BCUT2D eigenvalue weighted by Gasteiger charge is -2.11. The van der Waals surface area contributed by atoms with E-state index in [0.29, 0.717) is 5.92 Å². The first-order chi connectivity index (χ1) is 8.24. The van der Waals surface area contributed by atoms with Crippen molar-refractivity contribution in [2.24, 2.45) is 0 Å². The van der Waals surface area contributed by atoms with E-state index in [4.69, 9.17) is 16.3 Å². The number of rotatable bonds is 0. The molecule has 1 aliphatic heterocycles. The van der Waals surface area contributed by atoms with Crippen LogP contribution >= 0.6 is 11.6 Å². The van der Waals surface area contributed by atoms with E-state index in [2.05, 4.69) is 19.1 Å². The van der Waals surface area contributed by atoms with E-state index >= 15 is 0 Å². The van der Waals surface area contributed by atoms with Crippen molar-refractivity contribution in [3.63, 3.8) is 0 Å². The van der Waals surface area contributed by atoms with E-state index < -0.39 is 0 Å². The van der Waals surface area contributed by atoms with Gasteiger partial charge < -0.3 is 4.74 Å². The summed E-state index contributed by atoms with van der Waals surface area (Å²) in [5, 5.41) is 0.769. The third kappa shape index (κ3) is 1.91. The Morgan fingerprint density at radius 2 is 1.94 bits per heavy atom. The zero-order chi connectivity index (χ0) is 11.8. The van der Waals surface area contributed by atoms with E-state index in [1.807, 2.05) is 30.3 Å². The van der Waals surface area contributed by atoms with E-state index in [0.717, 1.165) is 22.9 Å². The first-order valence-corrected chi connectivity index (χ1v) is 6.17. The molecule has 2 aromatic carbocycles. The van der Waals surface area contributed by atoms with E-state index in [9.17, 15) is 0 Å². The fraction of sp³-hybridized carbons (Fsp3) is 0.200. The van der Waals surface area contributed by atoms with Gasteiger partial charge in [0.2, 0.25) is 0 Å². The Balaban J connectivity index is 2.14. The molecule has 2 aromatic rings. The average molecular weight is 245 g/mol. The maximum Gasteiger partial charge on any atom is 0.131 e. The minimum atomic E-state index is 0.423. The van der Waals surface area contributed by atoms with Crippen LogP contribution in [0, 0.1) is 0 Å². The molecule has 1 atom stereocenters. The highest BCUT2D eigenvalue weighted by molar-refractivity contribution is 6.30. The second-order valence-electron chi connectivity index (χ2n) is 4.50. The predicted octanol–water partition coefficient (Wildman–Crippen LogP) is 4.79. The maximum absolute atomic E-state index is 6.05. The molecule has 0 amide bonds. The summed E-state index contributed by atoms with van der Waals surface area (Å²) < 4.78 is 5.97. The second kappa shape index (κ2) is 4.08. The molecule has 0 spiro atoms. The zero-order valence-corrected chi connectivity index (χ0v) is 10.4. The van der Waals surface area contributed by atoms with Crippen molar-refractivity contribution in [3.05, 3.63) is 58.6 Å². The van der Waals surface area contributed by atoms with Gasteiger partial charge in [-0.1, -0.05) is 36.7 Å². The first-order valence-electron chi connectivity index (χ1n) is 5.79. The zero-order valence-electron chi connectivity index (χ0n) is 9.61. The number of para-hydroxylation sites is 1. The van der Waals surface area contributed by atoms with Crippen molar-refractivity contribution in [3.8, 4) is 11.5 Å². The average Bonchev–Trinajstić information content (AvgIpc) is 2.46.